The van der Waals surface area contributed by atoms with Crippen LogP contribution in [0, 0.1) is 17.0 Å². The Hall–Kier alpha value is -3.29. The lowest BCUT2D eigenvalue weighted by Crippen LogP contribution is -2.08. The van der Waals surface area contributed by atoms with E-state index in [2.05, 4.69) is 32.6 Å². The normalized spacial score (nSPS) is 11.7. The van der Waals surface area contributed by atoms with Crippen molar-refractivity contribution in [2.45, 2.75) is 32.1 Å². The fraction of sp³-hybridized carbons (Fsp3) is 0.304. The van der Waals surface area contributed by atoms with E-state index < -0.39 is 4.92 Å². The molecule has 0 aliphatic carbocycles. The van der Waals surface area contributed by atoms with Gasteiger partial charge in [0.2, 0.25) is 5.13 Å². The highest BCUT2D eigenvalue weighted by Crippen LogP contribution is 2.36. The summed E-state index contributed by atoms with van der Waals surface area (Å²) < 4.78 is 11.4. The molecule has 4 rings (SSSR count). The third kappa shape index (κ3) is 7.35. The Kier molecular flexibility index (Phi) is 9.03. The van der Waals surface area contributed by atoms with Crippen molar-refractivity contribution in [1.29, 1.82) is 0 Å². The van der Waals surface area contributed by atoms with Gasteiger partial charge in [0.1, 0.15) is 22.4 Å². The van der Waals surface area contributed by atoms with Crippen LogP contribution >= 0.6 is 34.4 Å². The van der Waals surface area contributed by atoms with Gasteiger partial charge >= 0.3 is 0 Å². The Morgan fingerprint density at radius 2 is 1.81 bits per heavy atom. The quantitative estimate of drug-likeness (QED) is 0.128. The number of aromatic nitrogens is 4. The molecule has 0 radical (unpaired) electrons. The fourth-order valence-corrected chi connectivity index (χ4v) is 5.83. The summed E-state index contributed by atoms with van der Waals surface area (Å²) in [5.74, 6) is 1.71. The molecule has 13 heteroatoms. The number of nitrogens with one attached hydrogen (secondary N) is 1. The van der Waals surface area contributed by atoms with Crippen molar-refractivity contribution in [2.75, 3.05) is 17.8 Å². The summed E-state index contributed by atoms with van der Waals surface area (Å²) in [5, 5.41) is 34.0. The lowest BCUT2D eigenvalue weighted by molar-refractivity contribution is -0.384. The van der Waals surface area contributed by atoms with E-state index in [0.717, 1.165) is 27.1 Å². The van der Waals surface area contributed by atoms with Crippen molar-refractivity contribution in [3.8, 4) is 10.9 Å². The fourth-order valence-electron chi connectivity index (χ4n) is 3.07. The molecular formula is C23H24N6O4S3. The largest absolute Gasteiger partial charge is 0.473 e. The molecule has 2 heterocycles. The first-order chi connectivity index (χ1) is 17.5. The minimum absolute atomic E-state index is 0.0465. The average molecular weight is 545 g/mol. The van der Waals surface area contributed by atoms with Crippen molar-refractivity contribution >= 4 is 45.3 Å². The number of aryl methyl sites for hydroxylation is 1. The van der Waals surface area contributed by atoms with Gasteiger partial charge in [0.25, 0.3) is 10.9 Å². The zero-order valence-corrected chi connectivity index (χ0v) is 22.1. The van der Waals surface area contributed by atoms with E-state index in [1.807, 2.05) is 31.2 Å². The molecule has 1 N–H and O–H groups in total. The number of ether oxygens (including phenoxy) is 2. The first-order valence-corrected chi connectivity index (χ1v) is 13.7. The maximum atomic E-state index is 10.8. The van der Waals surface area contributed by atoms with E-state index >= 15 is 0 Å². The van der Waals surface area contributed by atoms with Gasteiger partial charge in [-0.1, -0.05) is 47.3 Å². The number of hydrogen-bond acceptors (Lipinski definition) is 12. The van der Waals surface area contributed by atoms with Crippen LogP contribution in [0.5, 0.6) is 10.9 Å². The lowest BCUT2D eigenvalue weighted by atomic mass is 10.2. The van der Waals surface area contributed by atoms with E-state index in [4.69, 9.17) is 9.47 Å². The number of anilines is 1. The van der Waals surface area contributed by atoms with Gasteiger partial charge in [-0.3, -0.25) is 10.1 Å². The summed E-state index contributed by atoms with van der Waals surface area (Å²) >= 11 is 4.66. The number of hydrogen-bond donors (Lipinski definition) is 1. The van der Waals surface area contributed by atoms with E-state index in [0.29, 0.717) is 23.5 Å². The summed E-state index contributed by atoms with van der Waals surface area (Å²) in [5.41, 5.74) is 2.05. The average Bonchev–Trinajstić information content (AvgIpc) is 3.54. The highest BCUT2D eigenvalue weighted by atomic mass is 32.2. The van der Waals surface area contributed by atoms with Crippen LogP contribution in [0.25, 0.3) is 0 Å². The number of rotatable bonds is 13. The zero-order chi connectivity index (χ0) is 25.3. The molecule has 10 nitrogen and oxygen atoms in total. The summed E-state index contributed by atoms with van der Waals surface area (Å²) in [6, 6.07) is 14.1. The Balaban J connectivity index is 1.29. The van der Waals surface area contributed by atoms with E-state index in [1.54, 1.807) is 23.9 Å². The topological polar surface area (TPSA) is 125 Å². The smallest absolute Gasteiger partial charge is 0.294 e. The number of benzene rings is 2. The summed E-state index contributed by atoms with van der Waals surface area (Å²) in [4.78, 5) is 10.4. The van der Waals surface area contributed by atoms with E-state index in [9.17, 15) is 10.1 Å². The molecule has 2 aromatic carbocycles. The minimum Gasteiger partial charge on any atom is -0.473 e. The number of nitrogens with zero attached hydrogens (tertiary/aromatic N) is 5. The van der Waals surface area contributed by atoms with E-state index in [1.165, 1.54) is 40.4 Å². The summed E-state index contributed by atoms with van der Waals surface area (Å²) in [7, 11) is 0. The van der Waals surface area contributed by atoms with Crippen LogP contribution in [0.15, 0.2) is 48.5 Å². The second-order valence-electron chi connectivity index (χ2n) is 7.55. The molecule has 2 aromatic heterocycles. The van der Waals surface area contributed by atoms with Crippen LogP contribution in [0.4, 0.5) is 10.8 Å². The van der Waals surface area contributed by atoms with Crippen LogP contribution in [0.1, 0.15) is 33.3 Å². The van der Waals surface area contributed by atoms with Gasteiger partial charge in [-0.05, 0) is 42.5 Å². The van der Waals surface area contributed by atoms with Gasteiger partial charge in [-0.15, -0.1) is 20.4 Å². The third-order valence-electron chi connectivity index (χ3n) is 4.88. The van der Waals surface area contributed by atoms with Crippen molar-refractivity contribution in [3.63, 3.8) is 0 Å². The molecule has 0 saturated heterocycles. The molecule has 36 heavy (non-hydrogen) atoms. The van der Waals surface area contributed by atoms with Crippen LogP contribution in [-0.2, 0) is 13.0 Å². The molecule has 0 saturated carbocycles. The molecule has 0 aliphatic heterocycles. The van der Waals surface area contributed by atoms with Crippen molar-refractivity contribution < 1.29 is 14.4 Å². The molecule has 4 aromatic rings. The van der Waals surface area contributed by atoms with Gasteiger partial charge in [0.15, 0.2) is 6.73 Å². The Morgan fingerprint density at radius 3 is 2.53 bits per heavy atom. The Bertz CT molecular complexity index is 1260. The molecule has 188 valence electrons. The molecule has 1 atom stereocenters. The molecule has 0 bridgehead atoms. The first-order valence-electron chi connectivity index (χ1n) is 11.1. The van der Waals surface area contributed by atoms with Gasteiger partial charge in [-0.2, -0.15) is 11.8 Å². The second-order valence-corrected chi connectivity index (χ2v) is 11.1. The third-order valence-corrected chi connectivity index (χ3v) is 8.01. The van der Waals surface area contributed by atoms with Crippen LogP contribution in [-0.4, -0.2) is 37.8 Å². The Morgan fingerprint density at radius 1 is 1.03 bits per heavy atom. The maximum absolute atomic E-state index is 10.8. The summed E-state index contributed by atoms with van der Waals surface area (Å²) in [6.07, 6.45) is 0.658. The molecule has 0 spiro atoms. The van der Waals surface area contributed by atoms with Crippen molar-refractivity contribution in [3.05, 3.63) is 79.8 Å². The predicted molar refractivity (Wildman–Crippen MR) is 142 cm³/mol. The Labute approximate surface area is 220 Å². The monoisotopic (exact) mass is 544 g/mol. The first kappa shape index (κ1) is 25.8. The lowest BCUT2D eigenvalue weighted by Gasteiger charge is -2.10. The minimum atomic E-state index is -0.428. The molecular weight excluding hydrogens is 520 g/mol. The van der Waals surface area contributed by atoms with Crippen molar-refractivity contribution in [2.24, 2.45) is 0 Å². The van der Waals surface area contributed by atoms with E-state index in [-0.39, 0.29) is 17.5 Å². The predicted octanol–water partition coefficient (Wildman–Crippen LogP) is 5.67. The van der Waals surface area contributed by atoms with Gasteiger partial charge in [0, 0.05) is 18.6 Å². The van der Waals surface area contributed by atoms with Crippen molar-refractivity contribution in [1.82, 2.24) is 20.4 Å². The number of non-ortho nitro benzene ring substituents is 1. The highest BCUT2D eigenvalue weighted by Gasteiger charge is 2.20. The molecule has 0 fully saturated rings. The van der Waals surface area contributed by atoms with Gasteiger partial charge < -0.3 is 14.8 Å². The maximum Gasteiger partial charge on any atom is 0.294 e. The van der Waals surface area contributed by atoms with Crippen LogP contribution < -0.4 is 14.8 Å². The van der Waals surface area contributed by atoms with Gasteiger partial charge in [0.05, 0.1) is 10.2 Å². The van der Waals surface area contributed by atoms with Gasteiger partial charge in [-0.25, -0.2) is 0 Å². The summed E-state index contributed by atoms with van der Waals surface area (Å²) in [6.45, 7) is 4.70. The molecule has 1 unspecified atom stereocenters. The number of thioether (sulfide) groups is 1. The highest BCUT2D eigenvalue weighted by molar-refractivity contribution is 7.99. The van der Waals surface area contributed by atoms with Crippen LogP contribution in [0.3, 0.4) is 0 Å². The standard InChI is InChI=1S/C23H24N6O4S3/c1-3-34-19(21-26-27-22(36-21)24-14-33-18-10-4-15(2)5-11-18)12-20-25-28-23(35-20)32-13-16-6-8-17(9-7-16)29(30)31/h4-11,19H,3,12-14H2,1-2H3,(H,24,27). The number of nitro benzene ring substituents is 1. The van der Waals surface area contributed by atoms with Crippen LogP contribution in [0.2, 0.25) is 0 Å². The second kappa shape index (κ2) is 12.6. The SMILES string of the molecule is CCSC(Cc1nnc(OCc2ccc([N+](=O)[O-])cc2)s1)c1nnc(NCOc2ccc(C)cc2)s1. The number of nitro groups is 1. The zero-order valence-electron chi connectivity index (χ0n) is 19.6. The molecule has 0 aliphatic rings. The molecule has 0 amide bonds.